The maximum Gasteiger partial charge on any atom is 0.123 e. The second kappa shape index (κ2) is 6.91. The van der Waals surface area contributed by atoms with Crippen LogP contribution in [0, 0.1) is 5.82 Å². The van der Waals surface area contributed by atoms with Gasteiger partial charge in [0.1, 0.15) is 5.82 Å². The maximum absolute atomic E-state index is 13.2. The molecule has 0 aliphatic heterocycles. The van der Waals surface area contributed by atoms with Crippen LogP contribution in [-0.2, 0) is 6.42 Å². The molecule has 120 valence electrons. The highest BCUT2D eigenvalue weighted by molar-refractivity contribution is 6.38. The van der Waals surface area contributed by atoms with Gasteiger partial charge in [-0.15, -0.1) is 0 Å². The molecule has 0 spiro atoms. The van der Waals surface area contributed by atoms with Gasteiger partial charge in [0, 0.05) is 16.1 Å². The first-order valence-corrected chi connectivity index (χ1v) is 8.31. The van der Waals surface area contributed by atoms with Crippen molar-refractivity contribution >= 4 is 34.1 Å². The molecular weight excluding hydrogens is 334 g/mol. The van der Waals surface area contributed by atoms with Gasteiger partial charge in [-0.1, -0.05) is 23.2 Å². The smallest absolute Gasteiger partial charge is 0.123 e. The van der Waals surface area contributed by atoms with Gasteiger partial charge in [0.05, 0.1) is 10.5 Å². The van der Waals surface area contributed by atoms with Gasteiger partial charge < -0.3 is 10.7 Å². The highest BCUT2D eigenvalue weighted by atomic mass is 35.5. The summed E-state index contributed by atoms with van der Waals surface area (Å²) in [5, 5.41) is 2.20. The summed E-state index contributed by atoms with van der Waals surface area (Å²) in [7, 11) is 0. The average molecular weight is 351 g/mol. The van der Waals surface area contributed by atoms with Crippen molar-refractivity contribution in [2.24, 2.45) is 5.73 Å². The van der Waals surface area contributed by atoms with E-state index >= 15 is 0 Å². The van der Waals surface area contributed by atoms with E-state index in [0.29, 0.717) is 16.6 Å². The molecule has 2 nitrogen and oxygen atoms in total. The zero-order chi connectivity index (χ0) is 16.4. The molecule has 23 heavy (non-hydrogen) atoms. The van der Waals surface area contributed by atoms with E-state index in [2.05, 4.69) is 4.98 Å². The molecule has 3 N–H and O–H groups in total. The van der Waals surface area contributed by atoms with Crippen molar-refractivity contribution in [3.8, 4) is 11.3 Å². The molecule has 0 amide bonds. The van der Waals surface area contributed by atoms with E-state index in [1.807, 2.05) is 6.07 Å². The number of nitrogens with one attached hydrogen (secondary N) is 1. The number of unbranched alkanes of at least 4 members (excludes halogenated alkanes) is 1. The van der Waals surface area contributed by atoms with Crippen molar-refractivity contribution < 1.29 is 4.39 Å². The Bertz CT molecular complexity index is 825. The summed E-state index contributed by atoms with van der Waals surface area (Å²) < 4.78 is 13.2. The van der Waals surface area contributed by atoms with Gasteiger partial charge in [0.25, 0.3) is 0 Å². The minimum atomic E-state index is -0.254. The molecule has 3 aromatic rings. The molecule has 0 radical (unpaired) electrons. The second-order valence-electron chi connectivity index (χ2n) is 5.54. The number of hydrogen-bond acceptors (Lipinski definition) is 1. The Morgan fingerprint density at radius 1 is 1.04 bits per heavy atom. The van der Waals surface area contributed by atoms with Crippen LogP contribution in [0.4, 0.5) is 4.39 Å². The number of H-pyrrole nitrogens is 1. The predicted octanol–water partition coefficient (Wildman–Crippen LogP) is 5.56. The van der Waals surface area contributed by atoms with Crippen LogP contribution in [0.3, 0.4) is 0 Å². The predicted molar refractivity (Wildman–Crippen MR) is 95.7 cm³/mol. The Labute approximate surface area is 144 Å². The van der Waals surface area contributed by atoms with Crippen molar-refractivity contribution in [1.82, 2.24) is 4.98 Å². The van der Waals surface area contributed by atoms with Crippen LogP contribution in [0.2, 0.25) is 10.0 Å². The molecule has 0 fully saturated rings. The number of nitrogens with two attached hydrogens (primary N) is 1. The number of aromatic nitrogens is 1. The van der Waals surface area contributed by atoms with Crippen LogP contribution in [0.1, 0.15) is 18.4 Å². The van der Waals surface area contributed by atoms with Gasteiger partial charge in [0.2, 0.25) is 0 Å². The summed E-state index contributed by atoms with van der Waals surface area (Å²) >= 11 is 12.5. The summed E-state index contributed by atoms with van der Waals surface area (Å²) in [5.41, 5.74) is 9.49. The zero-order valence-corrected chi connectivity index (χ0v) is 14.0. The zero-order valence-electron chi connectivity index (χ0n) is 12.5. The van der Waals surface area contributed by atoms with Crippen LogP contribution < -0.4 is 5.73 Å². The molecule has 3 rings (SSSR count). The number of hydrogen-bond donors (Lipinski definition) is 2. The lowest BCUT2D eigenvalue weighted by atomic mass is 10.0. The fourth-order valence-corrected chi connectivity index (χ4v) is 3.38. The Morgan fingerprint density at radius 3 is 2.48 bits per heavy atom. The summed E-state index contributed by atoms with van der Waals surface area (Å²) in [4.78, 5) is 3.38. The highest BCUT2D eigenvalue weighted by Crippen LogP contribution is 2.36. The number of rotatable bonds is 5. The van der Waals surface area contributed by atoms with Gasteiger partial charge in [-0.3, -0.25) is 0 Å². The normalized spacial score (nSPS) is 11.3. The van der Waals surface area contributed by atoms with E-state index in [9.17, 15) is 4.39 Å². The van der Waals surface area contributed by atoms with Gasteiger partial charge >= 0.3 is 0 Å². The van der Waals surface area contributed by atoms with Gasteiger partial charge in [-0.25, -0.2) is 4.39 Å². The molecule has 1 aromatic heterocycles. The van der Waals surface area contributed by atoms with Gasteiger partial charge in [-0.05, 0) is 73.3 Å². The van der Waals surface area contributed by atoms with Crippen LogP contribution in [-0.4, -0.2) is 11.5 Å². The molecule has 0 bridgehead atoms. The molecule has 0 atom stereocenters. The number of halogens is 3. The Hall–Kier alpha value is -1.55. The van der Waals surface area contributed by atoms with Gasteiger partial charge in [0.15, 0.2) is 0 Å². The first kappa shape index (κ1) is 16.3. The molecule has 0 aliphatic carbocycles. The fourth-order valence-electron chi connectivity index (χ4n) is 2.84. The highest BCUT2D eigenvalue weighted by Gasteiger charge is 2.15. The summed E-state index contributed by atoms with van der Waals surface area (Å²) in [6.45, 7) is 0.662. The van der Waals surface area contributed by atoms with E-state index in [1.165, 1.54) is 12.1 Å². The van der Waals surface area contributed by atoms with Gasteiger partial charge in [-0.2, -0.15) is 0 Å². The van der Waals surface area contributed by atoms with E-state index in [0.717, 1.165) is 47.0 Å². The SMILES string of the molecule is NCCCCc1c(-c2ccc(F)cc2)[nH]c2c(Cl)cc(Cl)cc12. The number of aryl methyl sites for hydroxylation is 1. The first-order valence-electron chi connectivity index (χ1n) is 7.55. The third-order valence-electron chi connectivity index (χ3n) is 3.95. The quantitative estimate of drug-likeness (QED) is 0.581. The fraction of sp³-hybridized carbons (Fsp3) is 0.222. The third kappa shape index (κ3) is 3.37. The molecule has 0 aliphatic rings. The molecular formula is C18H17Cl2FN2. The minimum absolute atomic E-state index is 0.254. The number of benzene rings is 2. The van der Waals surface area contributed by atoms with E-state index < -0.39 is 0 Å². The van der Waals surface area contributed by atoms with Crippen LogP contribution in [0.15, 0.2) is 36.4 Å². The summed E-state index contributed by atoms with van der Waals surface area (Å²) in [6.07, 6.45) is 2.78. The Morgan fingerprint density at radius 2 is 1.78 bits per heavy atom. The van der Waals surface area contributed by atoms with Crippen molar-refractivity contribution in [3.05, 3.63) is 57.8 Å². The average Bonchev–Trinajstić information content (AvgIpc) is 2.87. The van der Waals surface area contributed by atoms with Crippen LogP contribution in [0.25, 0.3) is 22.2 Å². The lowest BCUT2D eigenvalue weighted by molar-refractivity contribution is 0.628. The molecule has 2 aromatic carbocycles. The minimum Gasteiger partial charge on any atom is -0.353 e. The third-order valence-corrected chi connectivity index (χ3v) is 4.46. The molecule has 0 saturated heterocycles. The van der Waals surface area contributed by atoms with Crippen molar-refractivity contribution in [2.45, 2.75) is 19.3 Å². The summed E-state index contributed by atoms with van der Waals surface area (Å²) in [6, 6.07) is 10.1. The van der Waals surface area contributed by atoms with Crippen molar-refractivity contribution in [1.29, 1.82) is 0 Å². The topological polar surface area (TPSA) is 41.8 Å². The summed E-state index contributed by atoms with van der Waals surface area (Å²) in [5.74, 6) is -0.254. The first-order chi connectivity index (χ1) is 11.1. The Balaban J connectivity index is 2.16. The monoisotopic (exact) mass is 350 g/mol. The molecule has 0 saturated carbocycles. The Kier molecular flexibility index (Phi) is 4.90. The van der Waals surface area contributed by atoms with E-state index in [1.54, 1.807) is 18.2 Å². The standard InChI is InChI=1S/C18H17Cl2FN2/c19-12-9-15-14(3-1-2-8-22)17(23-18(15)16(20)10-12)11-4-6-13(21)7-5-11/h4-7,9-10,23H,1-3,8,22H2. The van der Waals surface area contributed by atoms with E-state index in [4.69, 9.17) is 28.9 Å². The lowest BCUT2D eigenvalue weighted by Gasteiger charge is -2.05. The van der Waals surface area contributed by atoms with E-state index in [-0.39, 0.29) is 5.82 Å². The van der Waals surface area contributed by atoms with Crippen molar-refractivity contribution in [2.75, 3.05) is 6.54 Å². The molecule has 1 heterocycles. The molecule has 0 unspecified atom stereocenters. The van der Waals surface area contributed by atoms with Crippen LogP contribution in [0.5, 0.6) is 0 Å². The molecule has 5 heteroatoms. The van der Waals surface area contributed by atoms with Crippen molar-refractivity contribution in [3.63, 3.8) is 0 Å². The van der Waals surface area contributed by atoms with Crippen LogP contribution >= 0.6 is 23.2 Å². The lowest BCUT2D eigenvalue weighted by Crippen LogP contribution is -1.99. The maximum atomic E-state index is 13.2. The number of aromatic amines is 1. The number of fused-ring (bicyclic) bond motifs is 1. The largest absolute Gasteiger partial charge is 0.353 e. The second-order valence-corrected chi connectivity index (χ2v) is 6.39.